The minimum atomic E-state index is 0.116. The summed E-state index contributed by atoms with van der Waals surface area (Å²) in [7, 11) is 0. The average Bonchev–Trinajstić information content (AvgIpc) is 3.09. The van der Waals surface area contributed by atoms with E-state index >= 15 is 0 Å². The molecule has 9 heteroatoms. The van der Waals surface area contributed by atoms with Crippen molar-refractivity contribution < 1.29 is 4.74 Å². The van der Waals surface area contributed by atoms with Crippen LogP contribution in [0.5, 0.6) is 5.75 Å². The molecule has 0 saturated carbocycles. The van der Waals surface area contributed by atoms with Gasteiger partial charge in [0.1, 0.15) is 17.9 Å². The number of ether oxygens (including phenoxy) is 1. The molecule has 0 spiro atoms. The van der Waals surface area contributed by atoms with Crippen LogP contribution >= 0.6 is 23.8 Å². The summed E-state index contributed by atoms with van der Waals surface area (Å²) in [5.74, 6) is 1.09. The van der Waals surface area contributed by atoms with E-state index in [4.69, 9.17) is 34.3 Å². The number of hydrogen-bond acceptors (Lipinski definition) is 5. The van der Waals surface area contributed by atoms with E-state index in [2.05, 4.69) is 25.5 Å². The summed E-state index contributed by atoms with van der Waals surface area (Å²) in [6.45, 7) is 0.298. The molecule has 28 heavy (non-hydrogen) atoms. The number of H-pyrrole nitrogens is 1. The van der Waals surface area contributed by atoms with Gasteiger partial charge in [0.2, 0.25) is 0 Å². The van der Waals surface area contributed by atoms with Gasteiger partial charge in [-0.15, -0.1) is 0 Å². The number of fused-ring (bicyclic) bond motifs is 1. The molecule has 3 aromatic heterocycles. The maximum atomic E-state index is 6.34. The van der Waals surface area contributed by atoms with E-state index in [-0.39, 0.29) is 5.11 Å². The quantitative estimate of drug-likeness (QED) is 0.429. The Kier molecular flexibility index (Phi) is 5.05. The fraction of sp³-hybridized carbons (Fsp3) is 0.0526. The number of nitrogens with zero attached hydrogens (tertiary/aromatic N) is 3. The molecular formula is C19H15ClN6OS. The highest BCUT2D eigenvalue weighted by molar-refractivity contribution is 7.80. The smallest absolute Gasteiger partial charge is 0.169 e. The molecule has 0 unspecified atom stereocenters. The van der Waals surface area contributed by atoms with Crippen LogP contribution in [0.2, 0.25) is 5.02 Å². The SMILES string of the molecule is NC(=S)Nc1n[nH]c2c(OCc3ccccn3)cc(-c3ncccc3Cl)cc12. The number of benzene rings is 1. The largest absolute Gasteiger partial charge is 0.485 e. The minimum absolute atomic E-state index is 0.116. The number of aromatic amines is 1. The number of thiocarbonyl (C=S) groups is 1. The molecule has 0 atom stereocenters. The number of hydrogen-bond donors (Lipinski definition) is 3. The van der Waals surface area contributed by atoms with Crippen LogP contribution in [0.1, 0.15) is 5.69 Å². The molecule has 7 nitrogen and oxygen atoms in total. The first-order valence-electron chi connectivity index (χ1n) is 8.34. The molecule has 4 N–H and O–H groups in total. The first-order chi connectivity index (χ1) is 13.6. The van der Waals surface area contributed by atoms with Gasteiger partial charge >= 0.3 is 0 Å². The lowest BCUT2D eigenvalue weighted by Gasteiger charge is -2.10. The van der Waals surface area contributed by atoms with Gasteiger partial charge in [-0.05, 0) is 48.6 Å². The van der Waals surface area contributed by atoms with Gasteiger partial charge in [0.05, 0.1) is 16.4 Å². The van der Waals surface area contributed by atoms with Crippen LogP contribution in [-0.4, -0.2) is 25.3 Å². The Labute approximate surface area is 170 Å². The van der Waals surface area contributed by atoms with Gasteiger partial charge in [-0.3, -0.25) is 15.1 Å². The molecule has 1 aromatic carbocycles. The Morgan fingerprint density at radius 1 is 1.18 bits per heavy atom. The van der Waals surface area contributed by atoms with Crippen LogP contribution in [-0.2, 0) is 6.61 Å². The third-order valence-electron chi connectivity index (χ3n) is 4.01. The molecule has 0 aliphatic rings. The third-order valence-corrected chi connectivity index (χ3v) is 4.42. The van der Waals surface area contributed by atoms with Gasteiger partial charge in [0.15, 0.2) is 10.9 Å². The summed E-state index contributed by atoms with van der Waals surface area (Å²) in [6, 6.07) is 13.0. The molecular weight excluding hydrogens is 396 g/mol. The van der Waals surface area contributed by atoms with E-state index in [1.807, 2.05) is 30.3 Å². The molecule has 140 valence electrons. The Morgan fingerprint density at radius 3 is 2.79 bits per heavy atom. The van der Waals surface area contributed by atoms with E-state index in [1.54, 1.807) is 24.5 Å². The number of anilines is 1. The highest BCUT2D eigenvalue weighted by Crippen LogP contribution is 2.36. The van der Waals surface area contributed by atoms with Crippen molar-refractivity contribution in [1.82, 2.24) is 20.2 Å². The molecule has 4 aromatic rings. The minimum Gasteiger partial charge on any atom is -0.485 e. The number of rotatable bonds is 5. The molecule has 0 aliphatic carbocycles. The van der Waals surface area contributed by atoms with E-state index in [1.165, 1.54) is 0 Å². The molecule has 3 heterocycles. The lowest BCUT2D eigenvalue weighted by molar-refractivity contribution is 0.304. The third kappa shape index (κ3) is 3.73. The zero-order chi connectivity index (χ0) is 19.5. The second-order valence-electron chi connectivity index (χ2n) is 5.90. The number of aromatic nitrogens is 4. The Balaban J connectivity index is 1.81. The highest BCUT2D eigenvalue weighted by Gasteiger charge is 2.16. The summed E-state index contributed by atoms with van der Waals surface area (Å²) in [5.41, 5.74) is 8.53. The summed E-state index contributed by atoms with van der Waals surface area (Å²) in [6.07, 6.45) is 3.40. The predicted octanol–water partition coefficient (Wildman–Crippen LogP) is 3.91. The fourth-order valence-corrected chi connectivity index (χ4v) is 3.11. The van der Waals surface area contributed by atoms with Gasteiger partial charge in [-0.1, -0.05) is 17.7 Å². The van der Waals surface area contributed by atoms with Crippen LogP contribution < -0.4 is 15.8 Å². The fourth-order valence-electron chi connectivity index (χ4n) is 2.79. The Morgan fingerprint density at radius 2 is 2.04 bits per heavy atom. The summed E-state index contributed by atoms with van der Waals surface area (Å²) in [4.78, 5) is 8.67. The molecule has 0 saturated heterocycles. The van der Waals surface area contributed by atoms with Crippen molar-refractivity contribution in [2.45, 2.75) is 6.61 Å². The molecule has 0 bridgehead atoms. The number of nitrogens with two attached hydrogens (primary N) is 1. The highest BCUT2D eigenvalue weighted by atomic mass is 35.5. The lowest BCUT2D eigenvalue weighted by atomic mass is 10.1. The van der Waals surface area contributed by atoms with Gasteiger partial charge in [0, 0.05) is 23.3 Å². The van der Waals surface area contributed by atoms with Crippen molar-refractivity contribution in [2.75, 3.05) is 5.32 Å². The maximum absolute atomic E-state index is 6.34. The van der Waals surface area contributed by atoms with Gasteiger partial charge in [-0.2, -0.15) is 5.10 Å². The predicted molar refractivity (Wildman–Crippen MR) is 113 cm³/mol. The van der Waals surface area contributed by atoms with Crippen molar-refractivity contribution in [2.24, 2.45) is 5.73 Å². The zero-order valence-corrected chi connectivity index (χ0v) is 16.1. The molecule has 0 radical (unpaired) electrons. The van der Waals surface area contributed by atoms with Crippen molar-refractivity contribution >= 4 is 45.7 Å². The number of nitrogens with one attached hydrogen (secondary N) is 2. The summed E-state index contributed by atoms with van der Waals surface area (Å²) < 4.78 is 6.03. The number of pyridine rings is 2. The van der Waals surface area contributed by atoms with E-state index in [0.29, 0.717) is 34.4 Å². The lowest BCUT2D eigenvalue weighted by Crippen LogP contribution is -2.19. The maximum Gasteiger partial charge on any atom is 0.169 e. The Hall–Kier alpha value is -3.23. The summed E-state index contributed by atoms with van der Waals surface area (Å²) >= 11 is 11.3. The average molecular weight is 411 g/mol. The van der Waals surface area contributed by atoms with E-state index in [0.717, 1.165) is 16.6 Å². The van der Waals surface area contributed by atoms with Crippen molar-refractivity contribution in [3.05, 3.63) is 65.6 Å². The van der Waals surface area contributed by atoms with Gasteiger partial charge in [0.25, 0.3) is 0 Å². The normalized spacial score (nSPS) is 10.8. The second kappa shape index (κ2) is 7.79. The van der Waals surface area contributed by atoms with Crippen LogP contribution in [0.4, 0.5) is 5.82 Å². The first-order valence-corrected chi connectivity index (χ1v) is 9.12. The Bertz CT molecular complexity index is 1150. The zero-order valence-electron chi connectivity index (χ0n) is 14.5. The second-order valence-corrected chi connectivity index (χ2v) is 6.75. The first kappa shape index (κ1) is 18.1. The van der Waals surface area contributed by atoms with Gasteiger partial charge in [-0.25, -0.2) is 0 Å². The monoisotopic (exact) mass is 410 g/mol. The summed E-state index contributed by atoms with van der Waals surface area (Å²) in [5, 5.41) is 11.5. The standard InChI is InChI=1S/C19H15ClN6OS/c20-14-5-3-7-23-16(14)11-8-13-17(25-26-18(13)24-19(21)28)15(9-11)27-10-12-4-1-2-6-22-12/h1-9H,10H2,(H4,21,24,25,26,28). The van der Waals surface area contributed by atoms with Crippen LogP contribution in [0.15, 0.2) is 54.9 Å². The molecule has 0 aliphatic heterocycles. The van der Waals surface area contributed by atoms with Gasteiger partial charge < -0.3 is 15.8 Å². The molecule has 0 amide bonds. The topological polar surface area (TPSA) is 102 Å². The van der Waals surface area contributed by atoms with E-state index in [9.17, 15) is 0 Å². The van der Waals surface area contributed by atoms with Crippen molar-refractivity contribution in [3.8, 4) is 17.0 Å². The van der Waals surface area contributed by atoms with Crippen LogP contribution in [0.3, 0.4) is 0 Å². The number of halogens is 1. The van der Waals surface area contributed by atoms with Crippen LogP contribution in [0, 0.1) is 0 Å². The molecule has 0 fully saturated rings. The molecule has 4 rings (SSSR count). The van der Waals surface area contributed by atoms with Crippen molar-refractivity contribution in [1.29, 1.82) is 0 Å². The van der Waals surface area contributed by atoms with Crippen LogP contribution in [0.25, 0.3) is 22.2 Å². The van der Waals surface area contributed by atoms with Crippen molar-refractivity contribution in [3.63, 3.8) is 0 Å². The van der Waals surface area contributed by atoms with E-state index < -0.39 is 0 Å².